The van der Waals surface area contributed by atoms with Crippen LogP contribution in [-0.2, 0) is 4.74 Å². The molecule has 0 aromatic rings. The van der Waals surface area contributed by atoms with Crippen LogP contribution in [0.15, 0.2) is 0 Å². The van der Waals surface area contributed by atoms with E-state index in [2.05, 4.69) is 20.8 Å². The van der Waals surface area contributed by atoms with E-state index in [1.807, 2.05) is 0 Å². The number of rotatable bonds is 4. The Morgan fingerprint density at radius 1 is 1.21 bits per heavy atom. The highest BCUT2D eigenvalue weighted by molar-refractivity contribution is 4.87. The maximum Gasteiger partial charge on any atom is 0.0626 e. The minimum absolute atomic E-state index is 0.213. The Morgan fingerprint density at radius 2 is 1.79 bits per heavy atom. The molecule has 1 aliphatic rings. The Bertz CT molecular complexity index is 162. The van der Waals surface area contributed by atoms with Crippen molar-refractivity contribution < 1.29 is 4.74 Å². The highest BCUT2D eigenvalue weighted by atomic mass is 16.5. The fraction of sp³-hybridized carbons (Fsp3) is 1.00. The van der Waals surface area contributed by atoms with E-state index in [4.69, 9.17) is 10.5 Å². The molecule has 2 heteroatoms. The minimum Gasteiger partial charge on any atom is -0.377 e. The molecule has 2 N–H and O–H groups in total. The Balaban J connectivity index is 2.36. The molecule has 84 valence electrons. The van der Waals surface area contributed by atoms with Gasteiger partial charge in [-0.05, 0) is 32.1 Å². The van der Waals surface area contributed by atoms with Crippen molar-refractivity contribution >= 4 is 0 Å². The first kappa shape index (κ1) is 12.0. The lowest BCUT2D eigenvalue weighted by Gasteiger charge is -2.38. The van der Waals surface area contributed by atoms with Gasteiger partial charge in [0.2, 0.25) is 0 Å². The monoisotopic (exact) mass is 199 g/mol. The first-order chi connectivity index (χ1) is 6.54. The zero-order valence-corrected chi connectivity index (χ0v) is 9.88. The van der Waals surface area contributed by atoms with Gasteiger partial charge in [0.15, 0.2) is 0 Å². The van der Waals surface area contributed by atoms with E-state index in [1.54, 1.807) is 0 Å². The average molecular weight is 199 g/mol. The summed E-state index contributed by atoms with van der Waals surface area (Å²) in [4.78, 5) is 0. The number of hydrogen-bond acceptors (Lipinski definition) is 2. The van der Waals surface area contributed by atoms with Crippen molar-refractivity contribution in [2.24, 2.45) is 11.1 Å². The second kappa shape index (κ2) is 5.13. The highest BCUT2D eigenvalue weighted by Crippen LogP contribution is 2.38. The predicted octanol–water partition coefficient (Wildman–Crippen LogP) is 2.71. The summed E-state index contributed by atoms with van der Waals surface area (Å²) in [6.45, 7) is 7.17. The molecule has 0 saturated heterocycles. The first-order valence-electron chi connectivity index (χ1n) is 5.92. The molecule has 0 spiro atoms. The van der Waals surface area contributed by atoms with Crippen molar-refractivity contribution in [1.29, 1.82) is 0 Å². The predicted molar refractivity (Wildman–Crippen MR) is 60.3 cm³/mol. The van der Waals surface area contributed by atoms with E-state index >= 15 is 0 Å². The smallest absolute Gasteiger partial charge is 0.0626 e. The van der Waals surface area contributed by atoms with E-state index in [-0.39, 0.29) is 6.04 Å². The molecule has 1 saturated carbocycles. The SMILES string of the molecule is CC(C)OCC(N)C1(C)CCCCC1. The van der Waals surface area contributed by atoms with Gasteiger partial charge in [-0.3, -0.25) is 0 Å². The molecule has 14 heavy (non-hydrogen) atoms. The summed E-state index contributed by atoms with van der Waals surface area (Å²) in [6.07, 6.45) is 6.91. The van der Waals surface area contributed by atoms with E-state index in [0.29, 0.717) is 18.1 Å². The number of ether oxygens (including phenoxy) is 1. The Kier molecular flexibility index (Phi) is 4.39. The second-order valence-electron chi connectivity index (χ2n) is 5.20. The van der Waals surface area contributed by atoms with Crippen LogP contribution >= 0.6 is 0 Å². The van der Waals surface area contributed by atoms with Crippen LogP contribution in [0.25, 0.3) is 0 Å². The van der Waals surface area contributed by atoms with Crippen molar-refractivity contribution in [2.75, 3.05) is 6.61 Å². The van der Waals surface area contributed by atoms with Crippen LogP contribution in [0.2, 0.25) is 0 Å². The number of nitrogens with two attached hydrogens (primary N) is 1. The lowest BCUT2D eigenvalue weighted by molar-refractivity contribution is 0.0281. The standard InChI is InChI=1S/C12H25NO/c1-10(2)14-9-11(13)12(3)7-5-4-6-8-12/h10-11H,4-9,13H2,1-3H3. The molecule has 0 amide bonds. The molecule has 0 aromatic carbocycles. The fourth-order valence-corrected chi connectivity index (χ4v) is 2.23. The average Bonchev–Trinajstić information content (AvgIpc) is 2.15. The maximum atomic E-state index is 6.21. The molecule has 1 rings (SSSR count). The highest BCUT2D eigenvalue weighted by Gasteiger charge is 2.33. The molecule has 1 aliphatic carbocycles. The van der Waals surface area contributed by atoms with Gasteiger partial charge in [-0.2, -0.15) is 0 Å². The molecule has 2 nitrogen and oxygen atoms in total. The summed E-state index contributed by atoms with van der Waals surface area (Å²) in [7, 11) is 0. The third-order valence-electron chi connectivity index (χ3n) is 3.50. The van der Waals surface area contributed by atoms with Crippen LogP contribution in [-0.4, -0.2) is 18.8 Å². The van der Waals surface area contributed by atoms with E-state index < -0.39 is 0 Å². The molecule has 1 atom stereocenters. The van der Waals surface area contributed by atoms with Crippen LogP contribution in [0.1, 0.15) is 52.9 Å². The molecule has 1 unspecified atom stereocenters. The normalized spacial score (nSPS) is 23.8. The van der Waals surface area contributed by atoms with Gasteiger partial charge in [-0.25, -0.2) is 0 Å². The quantitative estimate of drug-likeness (QED) is 0.755. The third kappa shape index (κ3) is 3.25. The Hall–Kier alpha value is -0.0800. The molecule has 1 fully saturated rings. The van der Waals surface area contributed by atoms with Gasteiger partial charge in [-0.1, -0.05) is 26.2 Å². The van der Waals surface area contributed by atoms with Crippen LogP contribution in [0.4, 0.5) is 0 Å². The summed E-state index contributed by atoms with van der Waals surface area (Å²) in [5.74, 6) is 0. The molecule has 0 bridgehead atoms. The maximum absolute atomic E-state index is 6.21. The minimum atomic E-state index is 0.213. The summed E-state index contributed by atoms with van der Waals surface area (Å²) in [5, 5.41) is 0. The molecule has 0 aromatic heterocycles. The van der Waals surface area contributed by atoms with Gasteiger partial charge in [0.05, 0.1) is 12.7 Å². The summed E-state index contributed by atoms with van der Waals surface area (Å²) < 4.78 is 5.60. The largest absolute Gasteiger partial charge is 0.377 e. The summed E-state index contributed by atoms with van der Waals surface area (Å²) in [5.41, 5.74) is 6.53. The molecular weight excluding hydrogens is 174 g/mol. The summed E-state index contributed by atoms with van der Waals surface area (Å²) >= 11 is 0. The van der Waals surface area contributed by atoms with Crippen molar-refractivity contribution in [3.05, 3.63) is 0 Å². The van der Waals surface area contributed by atoms with E-state index in [9.17, 15) is 0 Å². The fourth-order valence-electron chi connectivity index (χ4n) is 2.23. The Morgan fingerprint density at radius 3 is 2.29 bits per heavy atom. The van der Waals surface area contributed by atoms with Crippen molar-refractivity contribution in [2.45, 2.75) is 65.0 Å². The van der Waals surface area contributed by atoms with Crippen LogP contribution < -0.4 is 5.73 Å². The molecular formula is C12H25NO. The number of hydrogen-bond donors (Lipinski definition) is 1. The van der Waals surface area contributed by atoms with Crippen molar-refractivity contribution in [3.8, 4) is 0 Å². The van der Waals surface area contributed by atoms with E-state index in [1.165, 1.54) is 32.1 Å². The van der Waals surface area contributed by atoms with Gasteiger partial charge in [0, 0.05) is 6.04 Å². The zero-order chi connectivity index (χ0) is 10.6. The summed E-state index contributed by atoms with van der Waals surface area (Å²) in [6, 6.07) is 0.213. The van der Waals surface area contributed by atoms with Crippen LogP contribution in [0.3, 0.4) is 0 Å². The van der Waals surface area contributed by atoms with Gasteiger partial charge in [0.25, 0.3) is 0 Å². The lowest BCUT2D eigenvalue weighted by Crippen LogP contribution is -2.44. The molecule has 0 radical (unpaired) electrons. The van der Waals surface area contributed by atoms with E-state index in [0.717, 1.165) is 0 Å². The first-order valence-corrected chi connectivity index (χ1v) is 5.92. The third-order valence-corrected chi connectivity index (χ3v) is 3.50. The van der Waals surface area contributed by atoms with Gasteiger partial charge in [-0.15, -0.1) is 0 Å². The van der Waals surface area contributed by atoms with Gasteiger partial charge < -0.3 is 10.5 Å². The lowest BCUT2D eigenvalue weighted by atomic mass is 9.71. The van der Waals surface area contributed by atoms with Gasteiger partial charge >= 0.3 is 0 Å². The van der Waals surface area contributed by atoms with Crippen molar-refractivity contribution in [1.82, 2.24) is 0 Å². The Labute approximate surface area is 88.2 Å². The van der Waals surface area contributed by atoms with Crippen molar-refractivity contribution in [3.63, 3.8) is 0 Å². The zero-order valence-electron chi connectivity index (χ0n) is 9.88. The van der Waals surface area contributed by atoms with Gasteiger partial charge in [0.1, 0.15) is 0 Å². The molecule has 0 aliphatic heterocycles. The molecule has 0 heterocycles. The topological polar surface area (TPSA) is 35.2 Å². The second-order valence-corrected chi connectivity index (χ2v) is 5.20. The van der Waals surface area contributed by atoms with Crippen LogP contribution in [0, 0.1) is 5.41 Å². The van der Waals surface area contributed by atoms with Crippen LogP contribution in [0.5, 0.6) is 0 Å².